The van der Waals surface area contributed by atoms with Gasteiger partial charge < -0.3 is 23.1 Å². The van der Waals surface area contributed by atoms with Crippen LogP contribution < -0.4 is 0 Å². The zero-order valence-electron chi connectivity index (χ0n) is 17.2. The maximum atomic E-state index is 10.3. The van der Waals surface area contributed by atoms with Gasteiger partial charge in [-0.3, -0.25) is 4.18 Å². The van der Waals surface area contributed by atoms with E-state index < -0.39 is 22.8 Å². The summed E-state index contributed by atoms with van der Waals surface area (Å²) in [5.41, 5.74) is 2.19. The van der Waals surface area contributed by atoms with Crippen molar-refractivity contribution in [3.05, 3.63) is 59.7 Å². The highest BCUT2D eigenvalue weighted by atomic mass is 32.3. The van der Waals surface area contributed by atoms with Crippen molar-refractivity contribution in [3.8, 4) is 0 Å². The van der Waals surface area contributed by atoms with Crippen LogP contribution in [0.5, 0.6) is 0 Å². The molecule has 0 aliphatic carbocycles. The predicted octanol–water partition coefficient (Wildman–Crippen LogP) is 5.57. The SMILES string of the molecule is Cc1ccc(SOCC(CCOS(O)(O)c2ccc(C)cc2)OC(C)(C)O)cc1. The van der Waals surface area contributed by atoms with Crippen molar-refractivity contribution in [3.63, 3.8) is 0 Å². The molecule has 0 aliphatic rings. The fraction of sp³-hybridized carbons (Fsp3) is 0.429. The zero-order valence-corrected chi connectivity index (χ0v) is 18.8. The minimum Gasteiger partial charge on any atom is -0.366 e. The van der Waals surface area contributed by atoms with Crippen LogP contribution >= 0.6 is 22.9 Å². The van der Waals surface area contributed by atoms with Crippen LogP contribution in [0, 0.1) is 13.8 Å². The summed E-state index contributed by atoms with van der Waals surface area (Å²) < 4.78 is 37.1. The van der Waals surface area contributed by atoms with E-state index in [1.54, 1.807) is 24.3 Å². The normalized spacial score (nSPS) is 14.0. The summed E-state index contributed by atoms with van der Waals surface area (Å²) >= 11 is 1.22. The quantitative estimate of drug-likeness (QED) is 0.309. The Kier molecular flexibility index (Phi) is 8.99. The molecule has 1 unspecified atom stereocenters. The Hall–Kier alpha value is -1.10. The standard InChI is InChI=1S/C21H30O6S2/c1-16-5-9-19(10-6-16)28-25-15-18(27-21(3,4)22)13-14-26-29(23,24)20-11-7-17(2)8-12-20/h5-12,18,22-24H,13-15H2,1-4H3. The molecule has 0 fully saturated rings. The van der Waals surface area contributed by atoms with Gasteiger partial charge in [-0.2, -0.15) is 0 Å². The Balaban J connectivity index is 1.86. The van der Waals surface area contributed by atoms with Gasteiger partial charge in [-0.15, -0.1) is 0 Å². The third-order valence-electron chi connectivity index (χ3n) is 3.90. The van der Waals surface area contributed by atoms with Gasteiger partial charge >= 0.3 is 0 Å². The van der Waals surface area contributed by atoms with Crippen LogP contribution in [0.25, 0.3) is 0 Å². The van der Waals surface area contributed by atoms with Crippen LogP contribution in [0.2, 0.25) is 0 Å². The molecule has 0 heterocycles. The maximum absolute atomic E-state index is 10.3. The first-order valence-corrected chi connectivity index (χ1v) is 11.5. The minimum atomic E-state index is -3.35. The first-order chi connectivity index (χ1) is 13.5. The lowest BCUT2D eigenvalue weighted by molar-refractivity contribution is -0.212. The molecule has 1 atom stereocenters. The highest BCUT2D eigenvalue weighted by Crippen LogP contribution is 2.49. The molecule has 0 saturated heterocycles. The molecule has 2 aromatic carbocycles. The summed E-state index contributed by atoms with van der Waals surface area (Å²) in [7, 11) is -3.35. The van der Waals surface area contributed by atoms with Crippen LogP contribution in [0.15, 0.2) is 58.3 Å². The van der Waals surface area contributed by atoms with Gasteiger partial charge in [0.1, 0.15) is 10.9 Å². The molecule has 162 valence electrons. The number of hydrogen-bond donors (Lipinski definition) is 3. The van der Waals surface area contributed by atoms with E-state index >= 15 is 0 Å². The second kappa shape index (κ2) is 10.8. The molecule has 0 aliphatic heterocycles. The second-order valence-electron chi connectivity index (χ2n) is 7.29. The van der Waals surface area contributed by atoms with Crippen molar-refractivity contribution in [2.24, 2.45) is 0 Å². The Bertz CT molecular complexity index is 741. The van der Waals surface area contributed by atoms with Gasteiger partial charge in [0.05, 0.1) is 24.2 Å². The molecule has 0 spiro atoms. The van der Waals surface area contributed by atoms with E-state index in [0.717, 1.165) is 10.5 Å². The van der Waals surface area contributed by atoms with E-state index in [-0.39, 0.29) is 13.2 Å². The highest BCUT2D eigenvalue weighted by Gasteiger charge is 2.24. The molecule has 2 rings (SSSR count). The second-order valence-corrected chi connectivity index (χ2v) is 9.86. The fourth-order valence-electron chi connectivity index (χ4n) is 2.44. The topological polar surface area (TPSA) is 88.4 Å². The fourth-order valence-corrected chi connectivity index (χ4v) is 3.99. The summed E-state index contributed by atoms with van der Waals surface area (Å²) in [5, 5.41) is 9.98. The van der Waals surface area contributed by atoms with Gasteiger partial charge in [-0.1, -0.05) is 35.4 Å². The Morgan fingerprint density at radius 2 is 1.52 bits per heavy atom. The smallest absolute Gasteiger partial charge is 0.160 e. The number of benzene rings is 2. The molecule has 6 nitrogen and oxygen atoms in total. The van der Waals surface area contributed by atoms with Crippen LogP contribution in [-0.4, -0.2) is 39.3 Å². The van der Waals surface area contributed by atoms with Crippen molar-refractivity contribution >= 4 is 22.9 Å². The molecule has 2 aromatic rings. The van der Waals surface area contributed by atoms with Crippen LogP contribution in [0.4, 0.5) is 0 Å². The molecule has 8 heteroatoms. The Morgan fingerprint density at radius 1 is 0.966 bits per heavy atom. The van der Waals surface area contributed by atoms with E-state index in [1.807, 2.05) is 38.1 Å². The molecule has 0 radical (unpaired) electrons. The molecule has 0 bridgehead atoms. The van der Waals surface area contributed by atoms with E-state index in [1.165, 1.54) is 31.5 Å². The molecule has 3 N–H and O–H groups in total. The van der Waals surface area contributed by atoms with E-state index in [9.17, 15) is 14.2 Å². The van der Waals surface area contributed by atoms with E-state index in [2.05, 4.69) is 0 Å². The predicted molar refractivity (Wildman–Crippen MR) is 117 cm³/mol. The van der Waals surface area contributed by atoms with Crippen molar-refractivity contribution in [2.75, 3.05) is 13.2 Å². The average Bonchev–Trinajstić information content (AvgIpc) is 2.62. The summed E-state index contributed by atoms with van der Waals surface area (Å²) in [6.45, 7) is 7.25. The van der Waals surface area contributed by atoms with Crippen molar-refractivity contribution in [1.82, 2.24) is 0 Å². The monoisotopic (exact) mass is 442 g/mol. The van der Waals surface area contributed by atoms with Crippen molar-refractivity contribution in [1.29, 1.82) is 0 Å². The number of aryl methyl sites for hydroxylation is 2. The van der Waals surface area contributed by atoms with Gasteiger partial charge in [0.15, 0.2) is 5.79 Å². The van der Waals surface area contributed by atoms with Crippen molar-refractivity contribution in [2.45, 2.75) is 55.8 Å². The minimum absolute atomic E-state index is 0.0372. The highest BCUT2D eigenvalue weighted by molar-refractivity contribution is 8.20. The number of ether oxygens (including phenoxy) is 1. The summed E-state index contributed by atoms with van der Waals surface area (Å²) in [4.78, 5) is 1.29. The van der Waals surface area contributed by atoms with Crippen LogP contribution in [0.3, 0.4) is 0 Å². The van der Waals surface area contributed by atoms with Gasteiger partial charge in [0, 0.05) is 23.4 Å². The molecule has 29 heavy (non-hydrogen) atoms. The first-order valence-electron chi connectivity index (χ1n) is 9.31. The molecular weight excluding hydrogens is 412 g/mol. The maximum Gasteiger partial charge on any atom is 0.160 e. The largest absolute Gasteiger partial charge is 0.366 e. The summed E-state index contributed by atoms with van der Waals surface area (Å²) in [6, 6.07) is 14.8. The molecule has 0 amide bonds. The van der Waals surface area contributed by atoms with E-state index in [4.69, 9.17) is 13.1 Å². The Morgan fingerprint density at radius 3 is 2.07 bits per heavy atom. The zero-order chi connectivity index (χ0) is 21.5. The molecule has 0 saturated carbocycles. The van der Waals surface area contributed by atoms with Gasteiger partial charge in [0.25, 0.3) is 0 Å². The van der Waals surface area contributed by atoms with E-state index in [0.29, 0.717) is 11.3 Å². The number of aliphatic hydroxyl groups is 1. The number of rotatable bonds is 11. The summed E-state index contributed by atoms with van der Waals surface area (Å²) in [6.07, 6.45) is -0.165. The van der Waals surface area contributed by atoms with Gasteiger partial charge in [-0.25, -0.2) is 0 Å². The average molecular weight is 443 g/mol. The lowest BCUT2D eigenvalue weighted by Gasteiger charge is -2.29. The van der Waals surface area contributed by atoms with Crippen LogP contribution in [-0.2, 0) is 13.1 Å². The van der Waals surface area contributed by atoms with Crippen molar-refractivity contribution < 1.29 is 27.3 Å². The molecular formula is C21H30O6S2. The Labute approximate surface area is 179 Å². The lowest BCUT2D eigenvalue weighted by Crippen LogP contribution is -2.33. The molecule has 0 aromatic heterocycles. The number of hydrogen-bond acceptors (Lipinski definition) is 7. The van der Waals surface area contributed by atoms with Crippen LogP contribution in [0.1, 0.15) is 31.4 Å². The first kappa shape index (κ1) is 24.2. The summed E-state index contributed by atoms with van der Waals surface area (Å²) in [5.74, 6) is -1.35. The third kappa shape index (κ3) is 9.06. The third-order valence-corrected chi connectivity index (χ3v) is 6.00. The van der Waals surface area contributed by atoms with Gasteiger partial charge in [-0.05, 0) is 52.0 Å². The lowest BCUT2D eigenvalue weighted by atomic mass is 10.2. The van der Waals surface area contributed by atoms with Gasteiger partial charge in [0.2, 0.25) is 0 Å².